The summed E-state index contributed by atoms with van der Waals surface area (Å²) in [6.45, 7) is 3.11. The van der Waals surface area contributed by atoms with Crippen LogP contribution < -0.4 is 5.32 Å². The Morgan fingerprint density at radius 2 is 2.33 bits per heavy atom. The van der Waals surface area contributed by atoms with Crippen molar-refractivity contribution in [2.75, 3.05) is 38.2 Å². The van der Waals surface area contributed by atoms with Crippen LogP contribution in [0.15, 0.2) is 16.8 Å². The second-order valence-electron chi connectivity index (χ2n) is 3.36. The number of nitrogens with one attached hydrogen (secondary N) is 1. The molecule has 0 spiro atoms. The number of carbonyl (C=O) groups is 1. The van der Waals surface area contributed by atoms with Gasteiger partial charge in [0, 0.05) is 24.2 Å². The molecule has 1 fully saturated rings. The van der Waals surface area contributed by atoms with E-state index in [1.807, 2.05) is 21.7 Å². The summed E-state index contributed by atoms with van der Waals surface area (Å²) >= 11 is 1.62. The summed E-state index contributed by atoms with van der Waals surface area (Å²) in [6, 6.07) is 1.97. The first-order valence-electron chi connectivity index (χ1n) is 4.98. The highest BCUT2D eigenvalue weighted by Crippen LogP contribution is 2.11. The lowest BCUT2D eigenvalue weighted by molar-refractivity contribution is -0.133. The molecule has 1 saturated heterocycles. The zero-order valence-electron chi connectivity index (χ0n) is 8.44. The van der Waals surface area contributed by atoms with Crippen molar-refractivity contribution in [2.24, 2.45) is 0 Å². The summed E-state index contributed by atoms with van der Waals surface area (Å²) in [7, 11) is 0. The van der Waals surface area contributed by atoms with E-state index in [9.17, 15) is 4.79 Å². The van der Waals surface area contributed by atoms with Gasteiger partial charge in [0.05, 0.1) is 19.8 Å². The molecular weight excluding hydrogens is 212 g/mol. The number of thiophene rings is 1. The first kappa shape index (κ1) is 10.4. The SMILES string of the molecule is O=C(CNc1ccsc1)N1CCOCC1. The van der Waals surface area contributed by atoms with Crippen LogP contribution in [0.3, 0.4) is 0 Å². The topological polar surface area (TPSA) is 41.6 Å². The maximum absolute atomic E-state index is 11.7. The van der Waals surface area contributed by atoms with Gasteiger partial charge in [0.1, 0.15) is 0 Å². The molecule has 15 heavy (non-hydrogen) atoms. The molecule has 1 aliphatic rings. The fourth-order valence-corrected chi connectivity index (χ4v) is 2.08. The van der Waals surface area contributed by atoms with Crippen molar-refractivity contribution >= 4 is 22.9 Å². The third-order valence-corrected chi connectivity index (χ3v) is 3.01. The average molecular weight is 226 g/mol. The van der Waals surface area contributed by atoms with Crippen molar-refractivity contribution in [1.82, 2.24) is 4.90 Å². The van der Waals surface area contributed by atoms with Crippen LogP contribution in [0.5, 0.6) is 0 Å². The lowest BCUT2D eigenvalue weighted by Gasteiger charge is -2.26. The van der Waals surface area contributed by atoms with Crippen molar-refractivity contribution in [3.05, 3.63) is 16.8 Å². The molecule has 1 N–H and O–H groups in total. The van der Waals surface area contributed by atoms with E-state index >= 15 is 0 Å². The average Bonchev–Trinajstić information content (AvgIpc) is 2.80. The molecule has 0 aromatic carbocycles. The number of hydrogen-bond acceptors (Lipinski definition) is 4. The summed E-state index contributed by atoms with van der Waals surface area (Å²) in [4.78, 5) is 13.5. The standard InChI is InChI=1S/C10H14N2O2S/c13-10(12-2-4-14-5-3-12)7-11-9-1-6-15-8-9/h1,6,8,11H,2-5,7H2. The molecule has 2 heterocycles. The second-order valence-corrected chi connectivity index (χ2v) is 4.14. The third-order valence-electron chi connectivity index (χ3n) is 2.33. The van der Waals surface area contributed by atoms with Crippen LogP contribution >= 0.6 is 11.3 Å². The van der Waals surface area contributed by atoms with Crippen LogP contribution in [0.4, 0.5) is 5.69 Å². The van der Waals surface area contributed by atoms with Crippen molar-refractivity contribution in [3.8, 4) is 0 Å². The molecule has 0 aliphatic carbocycles. The number of rotatable bonds is 3. The van der Waals surface area contributed by atoms with Crippen LogP contribution in [0.25, 0.3) is 0 Å². The Bertz CT molecular complexity index is 307. The molecule has 0 saturated carbocycles. The van der Waals surface area contributed by atoms with E-state index in [4.69, 9.17) is 4.74 Å². The lowest BCUT2D eigenvalue weighted by Crippen LogP contribution is -2.43. The number of hydrogen-bond donors (Lipinski definition) is 1. The molecular formula is C10H14N2O2S. The van der Waals surface area contributed by atoms with E-state index in [2.05, 4.69) is 5.32 Å². The van der Waals surface area contributed by atoms with E-state index < -0.39 is 0 Å². The molecule has 0 unspecified atom stereocenters. The number of nitrogens with zero attached hydrogens (tertiary/aromatic N) is 1. The van der Waals surface area contributed by atoms with Gasteiger partial charge in [-0.3, -0.25) is 4.79 Å². The summed E-state index contributed by atoms with van der Waals surface area (Å²) in [5.74, 6) is 0.143. The Morgan fingerprint density at radius 3 is 3.00 bits per heavy atom. The van der Waals surface area contributed by atoms with Crippen molar-refractivity contribution in [1.29, 1.82) is 0 Å². The van der Waals surface area contributed by atoms with Crippen molar-refractivity contribution in [2.45, 2.75) is 0 Å². The Hall–Kier alpha value is -1.07. The van der Waals surface area contributed by atoms with Gasteiger partial charge in [-0.25, -0.2) is 0 Å². The molecule has 0 bridgehead atoms. The second kappa shape index (κ2) is 5.14. The fourth-order valence-electron chi connectivity index (χ4n) is 1.47. The van der Waals surface area contributed by atoms with E-state index in [0.29, 0.717) is 32.8 Å². The number of morpholine rings is 1. The fraction of sp³-hybridized carbons (Fsp3) is 0.500. The van der Waals surface area contributed by atoms with Gasteiger partial charge < -0.3 is 15.0 Å². The van der Waals surface area contributed by atoms with Crippen molar-refractivity contribution in [3.63, 3.8) is 0 Å². The summed E-state index contributed by atoms with van der Waals surface area (Å²) in [5.41, 5.74) is 1.02. The molecule has 1 aromatic heterocycles. The molecule has 82 valence electrons. The monoisotopic (exact) mass is 226 g/mol. The maximum atomic E-state index is 11.7. The highest BCUT2D eigenvalue weighted by molar-refractivity contribution is 7.08. The van der Waals surface area contributed by atoms with Crippen molar-refractivity contribution < 1.29 is 9.53 Å². The summed E-state index contributed by atoms with van der Waals surface area (Å²) in [6.07, 6.45) is 0. The van der Waals surface area contributed by atoms with Gasteiger partial charge in [0.15, 0.2) is 0 Å². The minimum atomic E-state index is 0.143. The van der Waals surface area contributed by atoms with Gasteiger partial charge >= 0.3 is 0 Å². The minimum Gasteiger partial charge on any atom is -0.378 e. The van der Waals surface area contributed by atoms with E-state index in [-0.39, 0.29) is 5.91 Å². The maximum Gasteiger partial charge on any atom is 0.242 e. The predicted molar refractivity (Wildman–Crippen MR) is 60.2 cm³/mol. The first-order chi connectivity index (χ1) is 7.36. The highest BCUT2D eigenvalue weighted by Gasteiger charge is 2.15. The molecule has 1 amide bonds. The van der Waals surface area contributed by atoms with Crippen LogP contribution in [0.1, 0.15) is 0 Å². The Labute approximate surface area is 92.8 Å². The molecule has 0 atom stereocenters. The highest BCUT2D eigenvalue weighted by atomic mass is 32.1. The smallest absolute Gasteiger partial charge is 0.242 e. The number of amides is 1. The third kappa shape index (κ3) is 2.94. The number of anilines is 1. The summed E-state index contributed by atoms with van der Waals surface area (Å²) in [5, 5.41) is 7.08. The van der Waals surface area contributed by atoms with E-state index in [1.165, 1.54) is 0 Å². The van der Waals surface area contributed by atoms with Gasteiger partial charge in [0.2, 0.25) is 5.91 Å². The lowest BCUT2D eigenvalue weighted by atomic mass is 10.4. The van der Waals surface area contributed by atoms with Crippen LogP contribution in [-0.4, -0.2) is 43.7 Å². The zero-order valence-corrected chi connectivity index (χ0v) is 9.26. The Morgan fingerprint density at radius 1 is 1.53 bits per heavy atom. The quantitative estimate of drug-likeness (QED) is 0.836. The molecule has 2 rings (SSSR count). The number of carbonyl (C=O) groups excluding carboxylic acids is 1. The predicted octanol–water partition coefficient (Wildman–Crippen LogP) is 1.02. The zero-order chi connectivity index (χ0) is 10.5. The molecule has 4 nitrogen and oxygen atoms in total. The van der Waals surface area contributed by atoms with Gasteiger partial charge in [-0.2, -0.15) is 11.3 Å². The molecule has 0 radical (unpaired) electrons. The molecule has 5 heteroatoms. The minimum absolute atomic E-state index is 0.143. The normalized spacial score (nSPS) is 16.4. The van der Waals surface area contributed by atoms with Crippen LogP contribution in [0, 0.1) is 0 Å². The van der Waals surface area contributed by atoms with Gasteiger partial charge in [0.25, 0.3) is 0 Å². The van der Waals surface area contributed by atoms with E-state index in [0.717, 1.165) is 5.69 Å². The largest absolute Gasteiger partial charge is 0.378 e. The van der Waals surface area contributed by atoms with Crippen LogP contribution in [0.2, 0.25) is 0 Å². The van der Waals surface area contributed by atoms with Gasteiger partial charge in [-0.05, 0) is 11.4 Å². The van der Waals surface area contributed by atoms with E-state index in [1.54, 1.807) is 11.3 Å². The van der Waals surface area contributed by atoms with Crippen LogP contribution in [-0.2, 0) is 9.53 Å². The van der Waals surface area contributed by atoms with Gasteiger partial charge in [-0.1, -0.05) is 0 Å². The number of ether oxygens (including phenoxy) is 1. The summed E-state index contributed by atoms with van der Waals surface area (Å²) < 4.78 is 5.19. The Kier molecular flexibility index (Phi) is 3.58. The Balaban J connectivity index is 1.76. The molecule has 1 aliphatic heterocycles. The van der Waals surface area contributed by atoms with Gasteiger partial charge in [-0.15, -0.1) is 0 Å². The first-order valence-corrected chi connectivity index (χ1v) is 5.92. The molecule has 1 aromatic rings.